The number of nitrogens with zero attached hydrogens (tertiary/aromatic N) is 2. The number of hydrogen-bond donors (Lipinski definition) is 1. The fourth-order valence-electron chi connectivity index (χ4n) is 1.65. The highest BCUT2D eigenvalue weighted by Crippen LogP contribution is 2.15. The largest absolute Gasteiger partial charge is 0.449 e. The first kappa shape index (κ1) is 14.6. The highest BCUT2D eigenvalue weighted by atomic mass is 32.2. The third-order valence-electron chi connectivity index (χ3n) is 2.42. The Kier molecular flexibility index (Phi) is 5.26. The first-order valence-corrected chi connectivity index (χ1v) is 6.95. The maximum Gasteiger partial charge on any atom is 0.421 e. The molecule has 0 saturated carbocycles. The van der Waals surface area contributed by atoms with Crippen LogP contribution in [0.5, 0.6) is 0 Å². The minimum Gasteiger partial charge on any atom is -0.449 e. The highest BCUT2D eigenvalue weighted by molar-refractivity contribution is 7.87. The van der Waals surface area contributed by atoms with E-state index < -0.39 is 22.3 Å². The van der Waals surface area contributed by atoms with Crippen molar-refractivity contribution in [1.82, 2.24) is 9.03 Å². The van der Waals surface area contributed by atoms with Crippen LogP contribution >= 0.6 is 0 Å². The topological polar surface area (TPSA) is 105 Å². The van der Waals surface area contributed by atoms with Gasteiger partial charge in [0.05, 0.1) is 12.6 Å². The maximum atomic E-state index is 11.8. The van der Waals surface area contributed by atoms with E-state index in [1.165, 1.54) is 6.08 Å². The van der Waals surface area contributed by atoms with Crippen LogP contribution in [0.4, 0.5) is 4.79 Å². The second kappa shape index (κ2) is 6.48. The molecule has 0 aliphatic carbocycles. The maximum absolute atomic E-state index is 11.8. The normalized spacial score (nSPS) is 20.8. The second-order valence-electron chi connectivity index (χ2n) is 3.70. The Morgan fingerprint density at radius 1 is 1.61 bits per heavy atom. The third-order valence-corrected chi connectivity index (χ3v) is 3.86. The van der Waals surface area contributed by atoms with Gasteiger partial charge in [0.1, 0.15) is 0 Å². The molecule has 8 nitrogen and oxygen atoms in total. The Labute approximate surface area is 105 Å². The number of isocyanates is 1. The van der Waals surface area contributed by atoms with Gasteiger partial charge in [-0.25, -0.2) is 19.3 Å². The monoisotopic (exact) mass is 277 g/mol. The smallest absolute Gasteiger partial charge is 0.421 e. The minimum absolute atomic E-state index is 0.0595. The van der Waals surface area contributed by atoms with Crippen molar-refractivity contribution >= 4 is 22.4 Å². The molecule has 1 aliphatic rings. The molecule has 1 rings (SSSR count). The number of amides is 1. The van der Waals surface area contributed by atoms with Crippen LogP contribution in [-0.2, 0) is 19.7 Å². The van der Waals surface area contributed by atoms with Gasteiger partial charge in [0.2, 0.25) is 6.08 Å². The minimum atomic E-state index is -3.94. The molecular formula is C9H15N3O5S. The molecule has 0 aromatic carbocycles. The van der Waals surface area contributed by atoms with Gasteiger partial charge in [-0.05, 0) is 19.8 Å². The fourth-order valence-corrected chi connectivity index (χ4v) is 2.79. The van der Waals surface area contributed by atoms with Crippen molar-refractivity contribution in [2.24, 2.45) is 4.99 Å². The van der Waals surface area contributed by atoms with Gasteiger partial charge in [0.15, 0.2) is 0 Å². The molecule has 1 amide bonds. The summed E-state index contributed by atoms with van der Waals surface area (Å²) in [6, 6.07) is -0.407. The number of carbonyl (C=O) groups is 1. The predicted octanol–water partition coefficient (Wildman–Crippen LogP) is -0.223. The zero-order valence-electron chi connectivity index (χ0n) is 9.96. The molecule has 0 spiro atoms. The van der Waals surface area contributed by atoms with Gasteiger partial charge in [0.25, 0.3) is 0 Å². The summed E-state index contributed by atoms with van der Waals surface area (Å²) in [7, 11) is -3.94. The van der Waals surface area contributed by atoms with Crippen LogP contribution in [0.25, 0.3) is 0 Å². The molecule has 1 fully saturated rings. The molecule has 1 saturated heterocycles. The lowest BCUT2D eigenvalue weighted by Gasteiger charge is -2.28. The summed E-state index contributed by atoms with van der Waals surface area (Å²) in [5, 5.41) is 0. The van der Waals surface area contributed by atoms with E-state index in [1.807, 2.05) is 0 Å². The van der Waals surface area contributed by atoms with Crippen molar-refractivity contribution in [1.29, 1.82) is 0 Å². The van der Waals surface area contributed by atoms with Gasteiger partial charge in [0, 0.05) is 13.1 Å². The Morgan fingerprint density at radius 3 is 2.94 bits per heavy atom. The van der Waals surface area contributed by atoms with Crippen molar-refractivity contribution in [3.05, 3.63) is 0 Å². The molecule has 102 valence electrons. The van der Waals surface area contributed by atoms with Crippen molar-refractivity contribution < 1.29 is 22.7 Å². The van der Waals surface area contributed by atoms with E-state index in [4.69, 9.17) is 0 Å². The van der Waals surface area contributed by atoms with Crippen LogP contribution in [-0.4, -0.2) is 50.6 Å². The van der Waals surface area contributed by atoms with Crippen LogP contribution < -0.4 is 4.72 Å². The van der Waals surface area contributed by atoms with Crippen molar-refractivity contribution in [3.63, 3.8) is 0 Å². The zero-order valence-corrected chi connectivity index (χ0v) is 10.8. The summed E-state index contributed by atoms with van der Waals surface area (Å²) in [4.78, 5) is 24.7. The predicted molar refractivity (Wildman–Crippen MR) is 61.8 cm³/mol. The lowest BCUT2D eigenvalue weighted by molar-refractivity contribution is 0.157. The standard InChI is InChI=1S/C9H15N3O5S/c1-2-17-9(14)11-18(15,16)12-5-3-4-8(6-12)10-7-13/h8H,2-6H2,1H3,(H,11,14). The quantitative estimate of drug-likeness (QED) is 0.565. The summed E-state index contributed by atoms with van der Waals surface area (Å²) >= 11 is 0. The van der Waals surface area contributed by atoms with Crippen molar-refractivity contribution in [3.8, 4) is 0 Å². The van der Waals surface area contributed by atoms with Crippen molar-refractivity contribution in [2.75, 3.05) is 19.7 Å². The first-order valence-electron chi connectivity index (χ1n) is 5.51. The van der Waals surface area contributed by atoms with E-state index in [0.29, 0.717) is 12.8 Å². The lowest BCUT2D eigenvalue weighted by atomic mass is 10.1. The van der Waals surface area contributed by atoms with Gasteiger partial charge < -0.3 is 4.74 Å². The van der Waals surface area contributed by atoms with Crippen LogP contribution in [0.3, 0.4) is 0 Å². The lowest BCUT2D eigenvalue weighted by Crippen LogP contribution is -2.48. The van der Waals surface area contributed by atoms with Crippen molar-refractivity contribution in [2.45, 2.75) is 25.8 Å². The Hall–Kier alpha value is -1.44. The van der Waals surface area contributed by atoms with Gasteiger partial charge in [-0.3, -0.25) is 0 Å². The highest BCUT2D eigenvalue weighted by Gasteiger charge is 2.30. The number of aliphatic imine (C=N–C) groups is 1. The number of ether oxygens (including phenoxy) is 1. The molecule has 1 atom stereocenters. The fraction of sp³-hybridized carbons (Fsp3) is 0.778. The first-order chi connectivity index (χ1) is 8.49. The molecule has 0 aromatic heterocycles. The number of hydrogen-bond acceptors (Lipinski definition) is 6. The summed E-state index contributed by atoms with van der Waals surface area (Å²) in [6.45, 7) is 1.99. The average molecular weight is 277 g/mol. The molecule has 1 aliphatic heterocycles. The molecule has 18 heavy (non-hydrogen) atoms. The molecule has 1 heterocycles. The average Bonchev–Trinajstić information content (AvgIpc) is 2.29. The molecule has 0 bridgehead atoms. The molecule has 1 N–H and O–H groups in total. The number of rotatable bonds is 4. The van der Waals surface area contributed by atoms with Crippen LogP contribution in [0, 0.1) is 0 Å². The molecular weight excluding hydrogens is 262 g/mol. The van der Waals surface area contributed by atoms with E-state index in [2.05, 4.69) is 9.73 Å². The number of carbonyl (C=O) groups excluding carboxylic acids is 2. The summed E-state index contributed by atoms with van der Waals surface area (Å²) in [6.07, 6.45) is 1.59. The Balaban J connectivity index is 2.66. The van der Waals surface area contributed by atoms with Crippen LogP contribution in [0.1, 0.15) is 19.8 Å². The zero-order chi connectivity index (χ0) is 13.6. The molecule has 0 radical (unpaired) electrons. The van der Waals surface area contributed by atoms with Gasteiger partial charge in [-0.15, -0.1) is 0 Å². The van der Waals surface area contributed by atoms with E-state index in [1.54, 1.807) is 11.6 Å². The van der Waals surface area contributed by atoms with Gasteiger partial charge in [-0.2, -0.15) is 12.7 Å². The summed E-state index contributed by atoms with van der Waals surface area (Å²) < 4.78 is 30.9. The Bertz CT molecular complexity index is 443. The summed E-state index contributed by atoms with van der Waals surface area (Å²) in [5.41, 5.74) is 0. The number of piperidine rings is 1. The SMILES string of the molecule is CCOC(=O)NS(=O)(=O)N1CCCC(N=C=O)C1. The third kappa shape index (κ3) is 4.10. The van der Waals surface area contributed by atoms with Crippen LogP contribution in [0.15, 0.2) is 4.99 Å². The molecule has 9 heteroatoms. The van der Waals surface area contributed by atoms with Gasteiger partial charge in [-0.1, -0.05) is 0 Å². The number of nitrogens with one attached hydrogen (secondary N) is 1. The van der Waals surface area contributed by atoms with E-state index in [9.17, 15) is 18.0 Å². The Morgan fingerprint density at radius 2 is 2.33 bits per heavy atom. The van der Waals surface area contributed by atoms with E-state index >= 15 is 0 Å². The van der Waals surface area contributed by atoms with E-state index in [0.717, 1.165) is 4.31 Å². The summed E-state index contributed by atoms with van der Waals surface area (Å²) in [5.74, 6) is 0. The molecule has 0 aromatic rings. The second-order valence-corrected chi connectivity index (χ2v) is 5.37. The van der Waals surface area contributed by atoms with Crippen LogP contribution in [0.2, 0.25) is 0 Å². The van der Waals surface area contributed by atoms with Gasteiger partial charge >= 0.3 is 16.3 Å². The van der Waals surface area contributed by atoms with E-state index in [-0.39, 0.29) is 19.7 Å². The molecule has 1 unspecified atom stereocenters.